The summed E-state index contributed by atoms with van der Waals surface area (Å²) in [5.74, 6) is 0. The van der Waals surface area contributed by atoms with Crippen molar-refractivity contribution in [1.82, 2.24) is 4.98 Å². The molecule has 0 atom stereocenters. The molecule has 0 unspecified atom stereocenters. The largest absolute Gasteiger partial charge is 0.369 e. The lowest BCUT2D eigenvalue weighted by Crippen LogP contribution is -2.35. The number of alkyl halides is 2. The van der Waals surface area contributed by atoms with Crippen LogP contribution in [0, 0.1) is 0 Å². The van der Waals surface area contributed by atoms with E-state index in [9.17, 15) is 8.78 Å². The van der Waals surface area contributed by atoms with Gasteiger partial charge in [0, 0.05) is 41.8 Å². The molecule has 0 fully saturated rings. The van der Waals surface area contributed by atoms with Gasteiger partial charge in [-0.3, -0.25) is 4.98 Å². The molecular formula is C18H19ClF2N2. The Kier molecular flexibility index (Phi) is 4.53. The average molecular weight is 337 g/mol. The minimum atomic E-state index is -2.55. The summed E-state index contributed by atoms with van der Waals surface area (Å²) in [6.45, 7) is 5.08. The summed E-state index contributed by atoms with van der Waals surface area (Å²) in [4.78, 5) is 6.14. The molecule has 0 saturated heterocycles. The van der Waals surface area contributed by atoms with Gasteiger partial charge in [0.05, 0.1) is 5.02 Å². The summed E-state index contributed by atoms with van der Waals surface area (Å²) >= 11 is 6.18. The summed E-state index contributed by atoms with van der Waals surface area (Å²) in [7, 11) is 0. The molecular weight excluding hydrogens is 318 g/mol. The first-order valence-electron chi connectivity index (χ1n) is 7.80. The molecule has 0 N–H and O–H groups in total. The Morgan fingerprint density at radius 3 is 2.65 bits per heavy atom. The van der Waals surface area contributed by atoms with Gasteiger partial charge in [-0.1, -0.05) is 11.6 Å². The number of benzene rings is 1. The maximum Gasteiger partial charge on any atom is 0.264 e. The van der Waals surface area contributed by atoms with Gasteiger partial charge >= 0.3 is 0 Å². The second-order valence-corrected chi connectivity index (χ2v) is 6.52. The quantitative estimate of drug-likeness (QED) is 0.735. The number of pyridine rings is 1. The summed E-state index contributed by atoms with van der Waals surface area (Å²) in [6.07, 6.45) is 2.46. The van der Waals surface area contributed by atoms with E-state index < -0.39 is 6.43 Å². The molecule has 1 aliphatic heterocycles. The first kappa shape index (κ1) is 16.2. The SMILES string of the molecule is CC(C)N1CCCc2cc(-c3ccncc3Cl)c(C(F)F)cc21. The third kappa shape index (κ3) is 3.05. The lowest BCUT2D eigenvalue weighted by molar-refractivity contribution is 0.152. The maximum absolute atomic E-state index is 13.7. The van der Waals surface area contributed by atoms with Crippen molar-refractivity contribution < 1.29 is 8.78 Å². The standard InChI is InChI=1S/C18H19ClF2N2/c1-11(2)23-7-3-4-12-8-14(13-5-6-22-10-16(13)19)15(18(20)21)9-17(12)23/h5-6,8-11,18H,3-4,7H2,1-2H3. The Bertz CT molecular complexity index is 716. The number of nitrogens with zero attached hydrogens (tertiary/aromatic N) is 2. The zero-order chi connectivity index (χ0) is 16.6. The molecule has 0 radical (unpaired) electrons. The van der Waals surface area contributed by atoms with E-state index in [0.29, 0.717) is 16.1 Å². The number of halogens is 3. The lowest BCUT2D eigenvalue weighted by atomic mass is 9.92. The van der Waals surface area contributed by atoms with Crippen LogP contribution in [0.5, 0.6) is 0 Å². The van der Waals surface area contributed by atoms with Crippen LogP contribution < -0.4 is 4.90 Å². The van der Waals surface area contributed by atoms with Crippen molar-refractivity contribution in [3.05, 3.63) is 46.7 Å². The third-order valence-corrected chi connectivity index (χ3v) is 4.63. The van der Waals surface area contributed by atoms with Crippen LogP contribution in [0.2, 0.25) is 5.02 Å². The fourth-order valence-corrected chi connectivity index (χ4v) is 3.44. The molecule has 23 heavy (non-hydrogen) atoms. The number of anilines is 1. The second kappa shape index (κ2) is 6.44. The topological polar surface area (TPSA) is 16.1 Å². The average Bonchev–Trinajstić information content (AvgIpc) is 2.53. The summed E-state index contributed by atoms with van der Waals surface area (Å²) in [6, 6.07) is 5.51. The molecule has 2 nitrogen and oxygen atoms in total. The van der Waals surface area contributed by atoms with Gasteiger partial charge in [0.25, 0.3) is 6.43 Å². The van der Waals surface area contributed by atoms with Crippen LogP contribution in [-0.4, -0.2) is 17.6 Å². The number of rotatable bonds is 3. The molecule has 1 aromatic carbocycles. The predicted octanol–water partition coefficient (Wildman–Crippen LogP) is 5.50. The van der Waals surface area contributed by atoms with Gasteiger partial charge in [0.15, 0.2) is 0 Å². The molecule has 0 bridgehead atoms. The van der Waals surface area contributed by atoms with E-state index in [0.717, 1.165) is 30.6 Å². The molecule has 0 amide bonds. The van der Waals surface area contributed by atoms with Gasteiger partial charge in [0.2, 0.25) is 0 Å². The summed E-state index contributed by atoms with van der Waals surface area (Å²) in [5, 5.41) is 0.394. The van der Waals surface area contributed by atoms with Crippen molar-refractivity contribution >= 4 is 17.3 Å². The predicted molar refractivity (Wildman–Crippen MR) is 90.4 cm³/mol. The smallest absolute Gasteiger partial charge is 0.264 e. The fourth-order valence-electron chi connectivity index (χ4n) is 3.22. The summed E-state index contributed by atoms with van der Waals surface area (Å²) < 4.78 is 27.3. The van der Waals surface area contributed by atoms with Crippen molar-refractivity contribution in [2.75, 3.05) is 11.4 Å². The van der Waals surface area contributed by atoms with E-state index in [1.54, 1.807) is 18.3 Å². The highest BCUT2D eigenvalue weighted by Crippen LogP contribution is 2.41. The van der Waals surface area contributed by atoms with Crippen molar-refractivity contribution in [3.63, 3.8) is 0 Å². The van der Waals surface area contributed by atoms with E-state index in [1.165, 1.54) is 6.20 Å². The Morgan fingerprint density at radius 1 is 1.22 bits per heavy atom. The van der Waals surface area contributed by atoms with E-state index in [2.05, 4.69) is 23.7 Å². The molecule has 1 aromatic heterocycles. The monoisotopic (exact) mass is 336 g/mol. The van der Waals surface area contributed by atoms with Crippen LogP contribution in [0.25, 0.3) is 11.1 Å². The van der Waals surface area contributed by atoms with Gasteiger partial charge in [-0.25, -0.2) is 8.78 Å². The van der Waals surface area contributed by atoms with Crippen molar-refractivity contribution in [1.29, 1.82) is 0 Å². The zero-order valence-corrected chi connectivity index (χ0v) is 13.9. The van der Waals surface area contributed by atoms with Crippen LogP contribution in [0.15, 0.2) is 30.6 Å². The van der Waals surface area contributed by atoms with Crippen LogP contribution in [0.3, 0.4) is 0 Å². The number of hydrogen-bond acceptors (Lipinski definition) is 2. The van der Waals surface area contributed by atoms with E-state index in [-0.39, 0.29) is 11.6 Å². The molecule has 2 aromatic rings. The number of aryl methyl sites for hydroxylation is 1. The van der Waals surface area contributed by atoms with Crippen molar-refractivity contribution in [2.24, 2.45) is 0 Å². The molecule has 0 aliphatic carbocycles. The maximum atomic E-state index is 13.7. The van der Waals surface area contributed by atoms with Crippen LogP contribution in [0.1, 0.15) is 37.8 Å². The van der Waals surface area contributed by atoms with Gasteiger partial charge in [0.1, 0.15) is 0 Å². The molecule has 122 valence electrons. The second-order valence-electron chi connectivity index (χ2n) is 6.12. The third-order valence-electron chi connectivity index (χ3n) is 4.33. The zero-order valence-electron chi connectivity index (χ0n) is 13.2. The fraction of sp³-hybridized carbons (Fsp3) is 0.389. The number of hydrogen-bond donors (Lipinski definition) is 0. The van der Waals surface area contributed by atoms with Crippen LogP contribution in [-0.2, 0) is 6.42 Å². The molecule has 1 aliphatic rings. The van der Waals surface area contributed by atoms with Crippen LogP contribution >= 0.6 is 11.6 Å². The Balaban J connectivity index is 2.20. The van der Waals surface area contributed by atoms with Gasteiger partial charge < -0.3 is 4.90 Å². The lowest BCUT2D eigenvalue weighted by Gasteiger charge is -2.35. The highest BCUT2D eigenvalue weighted by molar-refractivity contribution is 6.33. The Labute approximate surface area is 140 Å². The highest BCUT2D eigenvalue weighted by Gasteiger charge is 2.25. The molecule has 3 rings (SSSR count). The van der Waals surface area contributed by atoms with E-state index >= 15 is 0 Å². The minimum Gasteiger partial charge on any atom is -0.369 e. The number of aromatic nitrogens is 1. The molecule has 0 saturated carbocycles. The normalized spacial score (nSPS) is 14.5. The molecule has 2 heterocycles. The Morgan fingerprint density at radius 2 is 2.00 bits per heavy atom. The van der Waals surface area contributed by atoms with Crippen molar-refractivity contribution in [3.8, 4) is 11.1 Å². The minimum absolute atomic E-state index is 0.0319. The van der Waals surface area contributed by atoms with Gasteiger partial charge in [-0.05, 0) is 56.0 Å². The summed E-state index contributed by atoms with van der Waals surface area (Å²) in [5.41, 5.74) is 3.19. The first-order chi connectivity index (χ1) is 11.0. The van der Waals surface area contributed by atoms with E-state index in [1.807, 2.05) is 6.07 Å². The van der Waals surface area contributed by atoms with Gasteiger partial charge in [-0.2, -0.15) is 0 Å². The number of fused-ring (bicyclic) bond motifs is 1. The highest BCUT2D eigenvalue weighted by atomic mass is 35.5. The first-order valence-corrected chi connectivity index (χ1v) is 8.18. The van der Waals surface area contributed by atoms with Gasteiger partial charge in [-0.15, -0.1) is 0 Å². The van der Waals surface area contributed by atoms with E-state index in [4.69, 9.17) is 11.6 Å². The molecule has 5 heteroatoms. The van der Waals surface area contributed by atoms with Crippen molar-refractivity contribution in [2.45, 2.75) is 39.2 Å². The molecule has 0 spiro atoms. The van der Waals surface area contributed by atoms with Crippen LogP contribution in [0.4, 0.5) is 14.5 Å². The Hall–Kier alpha value is -1.68.